The average Bonchev–Trinajstić information content (AvgIpc) is 2.32. The van der Waals surface area contributed by atoms with Crippen LogP contribution < -0.4 is 10.2 Å². The van der Waals surface area contributed by atoms with Gasteiger partial charge in [-0.2, -0.15) is 13.2 Å². The zero-order chi connectivity index (χ0) is 16.3. The molecule has 0 saturated heterocycles. The van der Waals surface area contributed by atoms with Gasteiger partial charge < -0.3 is 10.2 Å². The number of hydrogen-bond donors (Lipinski definition) is 1. The van der Waals surface area contributed by atoms with Gasteiger partial charge in [0.15, 0.2) is 0 Å². The molecule has 1 N–H and O–H groups in total. The first-order valence-corrected chi connectivity index (χ1v) is 6.83. The molecule has 1 heterocycles. The molecule has 0 aliphatic carbocycles. The topological polar surface area (TPSA) is 41.1 Å². The minimum absolute atomic E-state index is 0.0192. The van der Waals surface area contributed by atoms with E-state index >= 15 is 0 Å². The lowest BCUT2D eigenvalue weighted by Gasteiger charge is -2.22. The highest BCUT2D eigenvalue weighted by Gasteiger charge is 2.27. The van der Waals surface area contributed by atoms with Crippen LogP contribution in [0.4, 0.5) is 19.1 Å². The Kier molecular flexibility index (Phi) is 5.55. The molecule has 1 aromatic heterocycles. The summed E-state index contributed by atoms with van der Waals surface area (Å²) in [6, 6.07) is 0. The van der Waals surface area contributed by atoms with Gasteiger partial charge in [0.2, 0.25) is 5.95 Å². The number of aromatic nitrogens is 2. The maximum absolute atomic E-state index is 12.2. The third-order valence-corrected chi connectivity index (χ3v) is 2.95. The highest BCUT2D eigenvalue weighted by atomic mass is 19.4. The summed E-state index contributed by atoms with van der Waals surface area (Å²) in [5.74, 6) is 0.316. The van der Waals surface area contributed by atoms with Crippen molar-refractivity contribution in [3.63, 3.8) is 0 Å². The quantitative estimate of drug-likeness (QED) is 0.908. The van der Waals surface area contributed by atoms with E-state index in [1.165, 1.54) is 4.90 Å². The molecule has 0 bridgehead atoms. The minimum Gasteiger partial charge on any atom is -0.344 e. The molecular weight excluding hydrogens is 281 g/mol. The van der Waals surface area contributed by atoms with Gasteiger partial charge in [-0.3, -0.25) is 0 Å². The predicted octanol–water partition coefficient (Wildman–Crippen LogP) is 3.06. The van der Waals surface area contributed by atoms with Gasteiger partial charge in [-0.15, -0.1) is 0 Å². The van der Waals surface area contributed by atoms with Crippen LogP contribution in [0.25, 0.3) is 0 Å². The maximum atomic E-state index is 12.2. The summed E-state index contributed by atoms with van der Waals surface area (Å²) in [7, 11) is 1.56. The van der Waals surface area contributed by atoms with E-state index in [1.807, 2.05) is 6.92 Å². The molecule has 1 rings (SSSR count). The summed E-state index contributed by atoms with van der Waals surface area (Å²) in [6.45, 7) is 8.49. The van der Waals surface area contributed by atoms with Crippen LogP contribution in [0.2, 0.25) is 0 Å². The average molecular weight is 304 g/mol. The van der Waals surface area contributed by atoms with E-state index in [4.69, 9.17) is 0 Å². The Morgan fingerprint density at radius 3 is 2.33 bits per heavy atom. The molecule has 0 unspecified atom stereocenters. The monoisotopic (exact) mass is 304 g/mol. The Morgan fingerprint density at radius 2 is 1.86 bits per heavy atom. The fourth-order valence-electron chi connectivity index (χ4n) is 1.59. The summed E-state index contributed by atoms with van der Waals surface area (Å²) >= 11 is 0. The van der Waals surface area contributed by atoms with E-state index in [2.05, 4.69) is 36.1 Å². The minimum atomic E-state index is -4.17. The highest BCUT2D eigenvalue weighted by Crippen LogP contribution is 2.20. The second-order valence-corrected chi connectivity index (χ2v) is 6.17. The first-order chi connectivity index (χ1) is 9.48. The highest BCUT2D eigenvalue weighted by molar-refractivity contribution is 5.31. The maximum Gasteiger partial charge on any atom is 0.390 e. The lowest BCUT2D eigenvalue weighted by Crippen LogP contribution is -2.35. The SMILES string of the molecule is Cc1nc(N(C)CCC(F)(F)F)ncc1CNC(C)(C)C. The summed E-state index contributed by atoms with van der Waals surface area (Å²) in [6.07, 6.45) is -3.38. The van der Waals surface area contributed by atoms with Gasteiger partial charge >= 0.3 is 6.18 Å². The Hall–Kier alpha value is -1.37. The van der Waals surface area contributed by atoms with E-state index in [9.17, 15) is 13.2 Å². The summed E-state index contributed by atoms with van der Waals surface area (Å²) in [5.41, 5.74) is 1.70. The second-order valence-electron chi connectivity index (χ2n) is 6.17. The molecule has 0 aromatic carbocycles. The molecule has 7 heteroatoms. The van der Waals surface area contributed by atoms with Crippen LogP contribution >= 0.6 is 0 Å². The van der Waals surface area contributed by atoms with Gasteiger partial charge in [-0.1, -0.05) is 0 Å². The molecule has 0 radical (unpaired) electrons. The van der Waals surface area contributed by atoms with Gasteiger partial charge in [0.25, 0.3) is 0 Å². The molecule has 0 atom stereocenters. The van der Waals surface area contributed by atoms with Crippen molar-refractivity contribution in [3.05, 3.63) is 17.5 Å². The molecule has 0 saturated carbocycles. The normalized spacial score (nSPS) is 12.6. The third kappa shape index (κ3) is 6.75. The van der Waals surface area contributed by atoms with Crippen molar-refractivity contribution >= 4 is 5.95 Å². The first kappa shape index (κ1) is 17.7. The first-order valence-electron chi connectivity index (χ1n) is 6.83. The number of alkyl halides is 3. The number of anilines is 1. The van der Waals surface area contributed by atoms with Crippen LogP contribution in [-0.2, 0) is 6.54 Å². The van der Waals surface area contributed by atoms with Crippen LogP contribution in [0.5, 0.6) is 0 Å². The molecule has 21 heavy (non-hydrogen) atoms. The van der Waals surface area contributed by atoms with Crippen molar-refractivity contribution in [3.8, 4) is 0 Å². The number of hydrogen-bond acceptors (Lipinski definition) is 4. The molecule has 120 valence electrons. The largest absolute Gasteiger partial charge is 0.390 e. The van der Waals surface area contributed by atoms with Gasteiger partial charge in [-0.05, 0) is 27.7 Å². The van der Waals surface area contributed by atoms with Crippen LogP contribution in [0.15, 0.2) is 6.20 Å². The Labute approximate surface area is 123 Å². The fraction of sp³-hybridized carbons (Fsp3) is 0.714. The number of rotatable bonds is 5. The standard InChI is InChI=1S/C14H23F3N4/c1-10-11(9-19-13(2,3)4)8-18-12(20-10)21(5)7-6-14(15,16)17/h8,19H,6-7,9H2,1-5H3. The molecule has 0 spiro atoms. The summed E-state index contributed by atoms with van der Waals surface area (Å²) < 4.78 is 36.6. The van der Waals surface area contributed by atoms with Crippen LogP contribution in [-0.4, -0.2) is 35.3 Å². The van der Waals surface area contributed by atoms with Gasteiger partial charge in [0.05, 0.1) is 6.42 Å². The summed E-state index contributed by atoms with van der Waals surface area (Å²) in [5, 5.41) is 3.33. The summed E-state index contributed by atoms with van der Waals surface area (Å²) in [4.78, 5) is 9.85. The Morgan fingerprint density at radius 1 is 1.24 bits per heavy atom. The Bertz CT molecular complexity index is 466. The van der Waals surface area contributed by atoms with Crippen LogP contribution in [0, 0.1) is 6.92 Å². The molecule has 4 nitrogen and oxygen atoms in total. The van der Waals surface area contributed by atoms with E-state index < -0.39 is 12.6 Å². The fourth-order valence-corrected chi connectivity index (χ4v) is 1.59. The van der Waals surface area contributed by atoms with Crippen molar-refractivity contribution in [2.45, 2.75) is 52.4 Å². The van der Waals surface area contributed by atoms with Crippen molar-refractivity contribution in [2.75, 3.05) is 18.5 Å². The lowest BCUT2D eigenvalue weighted by atomic mass is 10.1. The number of halogens is 3. The van der Waals surface area contributed by atoms with E-state index in [0.29, 0.717) is 12.5 Å². The molecule has 0 amide bonds. The van der Waals surface area contributed by atoms with Crippen molar-refractivity contribution in [1.29, 1.82) is 0 Å². The lowest BCUT2D eigenvalue weighted by molar-refractivity contribution is -0.132. The van der Waals surface area contributed by atoms with Gasteiger partial charge in [0.1, 0.15) is 0 Å². The van der Waals surface area contributed by atoms with Crippen molar-refractivity contribution in [1.82, 2.24) is 15.3 Å². The smallest absolute Gasteiger partial charge is 0.344 e. The zero-order valence-electron chi connectivity index (χ0n) is 13.2. The van der Waals surface area contributed by atoms with Gasteiger partial charge in [0, 0.05) is 43.1 Å². The predicted molar refractivity (Wildman–Crippen MR) is 77.3 cm³/mol. The molecular formula is C14H23F3N4. The van der Waals surface area contributed by atoms with Crippen LogP contribution in [0.1, 0.15) is 38.4 Å². The second kappa shape index (κ2) is 6.60. The van der Waals surface area contributed by atoms with Gasteiger partial charge in [-0.25, -0.2) is 9.97 Å². The van der Waals surface area contributed by atoms with Crippen LogP contribution in [0.3, 0.4) is 0 Å². The molecule has 0 fully saturated rings. The molecule has 0 aliphatic rings. The molecule has 0 aliphatic heterocycles. The van der Waals surface area contributed by atoms with Crippen molar-refractivity contribution < 1.29 is 13.2 Å². The number of nitrogens with zero attached hydrogens (tertiary/aromatic N) is 3. The van der Waals surface area contributed by atoms with Crippen molar-refractivity contribution in [2.24, 2.45) is 0 Å². The van der Waals surface area contributed by atoms with E-state index in [1.54, 1.807) is 13.2 Å². The van der Waals surface area contributed by atoms with E-state index in [0.717, 1.165) is 11.3 Å². The zero-order valence-corrected chi connectivity index (χ0v) is 13.2. The van der Waals surface area contributed by atoms with E-state index in [-0.39, 0.29) is 12.1 Å². The third-order valence-electron chi connectivity index (χ3n) is 2.95. The number of nitrogens with one attached hydrogen (secondary N) is 1. The number of aryl methyl sites for hydroxylation is 1. The Balaban J connectivity index is 2.69. The molecule has 1 aromatic rings.